The molecule has 3 aromatic rings. The largest absolute Gasteiger partial charge is 0.422 e. The van der Waals surface area contributed by atoms with Gasteiger partial charge in [0.05, 0.1) is 16.7 Å². The van der Waals surface area contributed by atoms with Crippen molar-refractivity contribution in [1.82, 2.24) is 0 Å². The van der Waals surface area contributed by atoms with Gasteiger partial charge >= 0.3 is 5.63 Å². The predicted octanol–water partition coefficient (Wildman–Crippen LogP) is 4.81. The summed E-state index contributed by atoms with van der Waals surface area (Å²) in [5.41, 5.74) is 4.67. The third-order valence-corrected chi connectivity index (χ3v) is 8.18. The van der Waals surface area contributed by atoms with Crippen molar-refractivity contribution in [3.8, 4) is 11.8 Å². The summed E-state index contributed by atoms with van der Waals surface area (Å²) in [4.78, 5) is 25.2. The Labute approximate surface area is 227 Å². The highest BCUT2D eigenvalue weighted by molar-refractivity contribution is 7.85. The molecule has 1 aromatic heterocycles. The average molecular weight is 545 g/mol. The van der Waals surface area contributed by atoms with E-state index in [0.717, 1.165) is 27.9 Å². The van der Waals surface area contributed by atoms with Crippen molar-refractivity contribution in [3.05, 3.63) is 81.2 Å². The Bertz CT molecular complexity index is 1780. The molecule has 0 atom stereocenters. The summed E-state index contributed by atoms with van der Waals surface area (Å²) in [6.07, 6.45) is 5.84. The van der Waals surface area contributed by atoms with Gasteiger partial charge in [0.1, 0.15) is 17.9 Å². The third kappa shape index (κ3) is 5.65. The van der Waals surface area contributed by atoms with Gasteiger partial charge in [-0.2, -0.15) is 13.0 Å². The minimum absolute atomic E-state index is 0.137. The molecular weight excluding hydrogens is 514 g/mol. The summed E-state index contributed by atoms with van der Waals surface area (Å²) in [5.74, 6) is 5.96. The van der Waals surface area contributed by atoms with Gasteiger partial charge < -0.3 is 4.42 Å². The molecule has 1 aliphatic heterocycles. The topological polar surface area (TPSA) is 105 Å². The highest BCUT2D eigenvalue weighted by Gasteiger charge is 2.43. The molecule has 1 aliphatic carbocycles. The minimum atomic E-state index is -4.01. The Morgan fingerprint density at radius 3 is 2.69 bits per heavy atom. The fraction of sp³-hybridized carbons (Fsp3) is 0.323. The zero-order valence-corrected chi connectivity index (χ0v) is 22.8. The quantitative estimate of drug-likeness (QED) is 0.151. The number of para-hydroxylation sites is 1. The van der Waals surface area contributed by atoms with Gasteiger partial charge in [-0.25, -0.2) is 4.79 Å². The van der Waals surface area contributed by atoms with E-state index in [4.69, 9.17) is 8.97 Å². The number of rotatable bonds is 7. The first kappa shape index (κ1) is 26.8. The number of allylic oxidation sites excluding steroid dienone is 1. The van der Waals surface area contributed by atoms with Gasteiger partial charge in [0, 0.05) is 54.3 Å². The second kappa shape index (κ2) is 10.4. The Morgan fingerprint density at radius 1 is 1.10 bits per heavy atom. The molecule has 2 aliphatic rings. The van der Waals surface area contributed by atoms with Gasteiger partial charge in [0.2, 0.25) is 5.69 Å². The SMILES string of the molecule is CC1(C)C(C=Cc2cc3cc4c(cc3oc2=O)C#CCCC(=O)C4)=[N+](CCCCS(=O)(=O)O)c2ccccc21. The van der Waals surface area contributed by atoms with Crippen LogP contribution in [-0.4, -0.2) is 41.3 Å². The standard InChI is InChI=1S/C31H29NO6S/c1-31(2)26-11-5-6-12-27(26)32(15-7-8-16-39(35,36)37)29(31)14-13-22-17-24-18-23-19-25(33)10-4-3-9-21(23)20-28(24)38-30(22)34/h5-6,11-14,17-18,20H,4,7-8,10,15-16,19H2,1-2H3/p+1. The maximum atomic E-state index is 12.9. The van der Waals surface area contributed by atoms with Crippen molar-refractivity contribution in [3.63, 3.8) is 0 Å². The van der Waals surface area contributed by atoms with Crippen LogP contribution in [0.25, 0.3) is 17.0 Å². The summed E-state index contributed by atoms with van der Waals surface area (Å²) < 4.78 is 39.2. The summed E-state index contributed by atoms with van der Waals surface area (Å²) in [5, 5.41) is 0.726. The molecule has 0 saturated heterocycles. The van der Waals surface area contributed by atoms with E-state index in [1.165, 1.54) is 0 Å². The number of hydrogen-bond donors (Lipinski definition) is 1. The van der Waals surface area contributed by atoms with Crippen molar-refractivity contribution < 1.29 is 26.8 Å². The number of Topliss-reactive ketones (excluding diaryl/α,β-unsaturated/α-hetero) is 1. The molecule has 2 heterocycles. The molecule has 0 saturated carbocycles. The summed E-state index contributed by atoms with van der Waals surface area (Å²) in [6, 6.07) is 13.5. The molecule has 0 bridgehead atoms. The molecular formula is C31H30NO6S+. The third-order valence-electron chi connectivity index (χ3n) is 7.38. The van der Waals surface area contributed by atoms with Crippen LogP contribution in [0.5, 0.6) is 0 Å². The van der Waals surface area contributed by atoms with E-state index in [2.05, 4.69) is 36.3 Å². The Balaban J connectivity index is 1.52. The van der Waals surface area contributed by atoms with Crippen LogP contribution < -0.4 is 5.63 Å². The summed E-state index contributed by atoms with van der Waals surface area (Å²) in [6.45, 7) is 4.79. The molecule has 0 spiro atoms. The van der Waals surface area contributed by atoms with Gasteiger partial charge in [0.15, 0.2) is 5.71 Å². The molecule has 200 valence electrons. The Kier molecular flexibility index (Phi) is 7.15. The average Bonchev–Trinajstić information content (AvgIpc) is 3.08. The number of unbranched alkanes of at least 4 members (excludes halogenated alkanes) is 1. The lowest BCUT2D eigenvalue weighted by Gasteiger charge is -2.15. The molecule has 0 fully saturated rings. The normalized spacial score (nSPS) is 16.5. The maximum Gasteiger partial charge on any atom is 0.343 e. The lowest BCUT2D eigenvalue weighted by molar-refractivity contribution is -0.438. The number of ketones is 1. The van der Waals surface area contributed by atoms with Crippen LogP contribution >= 0.6 is 0 Å². The number of hydrogen-bond acceptors (Lipinski definition) is 5. The number of nitrogens with zero attached hydrogens (tertiary/aromatic N) is 1. The molecule has 7 nitrogen and oxygen atoms in total. The van der Waals surface area contributed by atoms with Crippen LogP contribution in [0.1, 0.15) is 61.8 Å². The minimum Gasteiger partial charge on any atom is -0.422 e. The Morgan fingerprint density at radius 2 is 1.90 bits per heavy atom. The molecule has 39 heavy (non-hydrogen) atoms. The van der Waals surface area contributed by atoms with E-state index in [-0.39, 0.29) is 17.0 Å². The first-order valence-corrected chi connectivity index (χ1v) is 14.6. The summed E-state index contributed by atoms with van der Waals surface area (Å²) in [7, 11) is -4.01. The lowest BCUT2D eigenvalue weighted by Crippen LogP contribution is -2.28. The molecule has 1 N–H and O–H groups in total. The van der Waals surface area contributed by atoms with Crippen LogP contribution in [0.3, 0.4) is 0 Å². The molecule has 2 aromatic carbocycles. The first-order valence-electron chi connectivity index (χ1n) is 13.0. The van der Waals surface area contributed by atoms with Gasteiger partial charge in [-0.15, -0.1) is 0 Å². The van der Waals surface area contributed by atoms with E-state index >= 15 is 0 Å². The van der Waals surface area contributed by atoms with Crippen LogP contribution in [0, 0.1) is 11.8 Å². The van der Waals surface area contributed by atoms with Crippen LogP contribution in [0.15, 0.2) is 57.8 Å². The van der Waals surface area contributed by atoms with Gasteiger partial charge in [0.25, 0.3) is 10.1 Å². The van der Waals surface area contributed by atoms with Crippen molar-refractivity contribution in [2.75, 3.05) is 12.3 Å². The van der Waals surface area contributed by atoms with Crippen molar-refractivity contribution in [2.45, 2.75) is 51.4 Å². The number of benzene rings is 2. The second-order valence-corrected chi connectivity index (χ2v) is 12.1. The molecule has 0 unspecified atom stereocenters. The first-order chi connectivity index (χ1) is 18.5. The van der Waals surface area contributed by atoms with E-state index in [1.54, 1.807) is 18.2 Å². The zero-order chi connectivity index (χ0) is 27.8. The molecule has 8 heteroatoms. The molecule has 5 rings (SSSR count). The second-order valence-electron chi connectivity index (χ2n) is 10.6. The van der Waals surface area contributed by atoms with Gasteiger partial charge in [-0.05, 0) is 50.1 Å². The van der Waals surface area contributed by atoms with E-state index in [0.29, 0.717) is 55.4 Å². The molecule has 0 radical (unpaired) electrons. The van der Waals surface area contributed by atoms with Crippen molar-refractivity contribution >= 4 is 44.3 Å². The highest BCUT2D eigenvalue weighted by atomic mass is 32.2. The van der Waals surface area contributed by atoms with E-state index in [9.17, 15) is 18.0 Å². The van der Waals surface area contributed by atoms with E-state index in [1.807, 2.05) is 30.3 Å². The highest BCUT2D eigenvalue weighted by Crippen LogP contribution is 2.40. The Hall–Kier alpha value is -3.80. The predicted molar refractivity (Wildman–Crippen MR) is 151 cm³/mol. The molecule has 0 amide bonds. The number of fused-ring (bicyclic) bond motifs is 3. The lowest BCUT2D eigenvalue weighted by atomic mass is 9.81. The van der Waals surface area contributed by atoms with E-state index < -0.39 is 15.7 Å². The zero-order valence-electron chi connectivity index (χ0n) is 22.0. The van der Waals surface area contributed by atoms with Crippen molar-refractivity contribution in [2.24, 2.45) is 0 Å². The van der Waals surface area contributed by atoms with Crippen molar-refractivity contribution in [1.29, 1.82) is 0 Å². The fourth-order valence-electron chi connectivity index (χ4n) is 5.37. The maximum absolute atomic E-state index is 12.9. The number of carbonyl (C=O) groups excluding carboxylic acids is 1. The van der Waals surface area contributed by atoms with Gasteiger partial charge in [-0.1, -0.05) is 30.0 Å². The van der Waals surface area contributed by atoms with Gasteiger partial charge in [-0.3, -0.25) is 9.35 Å². The van der Waals surface area contributed by atoms with Crippen LogP contribution in [0.4, 0.5) is 5.69 Å². The van der Waals surface area contributed by atoms with Crippen LogP contribution in [-0.2, 0) is 26.7 Å². The monoisotopic (exact) mass is 544 g/mol. The fourth-order valence-corrected chi connectivity index (χ4v) is 5.94. The van der Waals surface area contributed by atoms with Crippen LogP contribution in [0.2, 0.25) is 0 Å². The number of carbonyl (C=O) groups is 1. The summed E-state index contributed by atoms with van der Waals surface area (Å²) >= 11 is 0. The smallest absolute Gasteiger partial charge is 0.343 e.